The highest BCUT2D eigenvalue weighted by molar-refractivity contribution is 6.30. The maximum absolute atomic E-state index is 12.8. The molecule has 0 aliphatic heterocycles. The van der Waals surface area contributed by atoms with Gasteiger partial charge in [0, 0.05) is 28.7 Å². The van der Waals surface area contributed by atoms with Crippen LogP contribution in [0, 0.1) is 0 Å². The van der Waals surface area contributed by atoms with Crippen LogP contribution in [-0.4, -0.2) is 17.0 Å². The molecule has 1 heterocycles. The standard InChI is InChI=1S/C25H23ClF3N3O2/c1-15(32-24(33)16(2)34-23-11-8-19(14-31-23)25(27,28)29)22(18-4-3-5-21(30)13-18)12-17-6-9-20(26)10-7-17/h3-11,13-14,16H,12,30H2,1-2H3,(H,32,33)/b22-15-. The fraction of sp³-hybridized carbons (Fsp3) is 0.200. The Bertz CT molecular complexity index is 1180. The van der Waals surface area contributed by atoms with Gasteiger partial charge in [-0.1, -0.05) is 35.9 Å². The zero-order valence-electron chi connectivity index (χ0n) is 18.5. The molecule has 3 N–H and O–H groups in total. The van der Waals surface area contributed by atoms with Crippen molar-refractivity contribution in [3.05, 3.63) is 94.3 Å². The Kier molecular flexibility index (Phi) is 7.83. The van der Waals surface area contributed by atoms with Gasteiger partial charge in [-0.15, -0.1) is 0 Å². The monoisotopic (exact) mass is 489 g/mol. The summed E-state index contributed by atoms with van der Waals surface area (Å²) in [6.07, 6.45) is -4.34. The largest absolute Gasteiger partial charge is 0.465 e. The number of halogens is 4. The Morgan fingerprint density at radius 1 is 1.15 bits per heavy atom. The van der Waals surface area contributed by atoms with E-state index in [-0.39, 0.29) is 5.88 Å². The first-order chi connectivity index (χ1) is 16.0. The van der Waals surface area contributed by atoms with Gasteiger partial charge < -0.3 is 15.8 Å². The molecule has 9 heteroatoms. The Balaban J connectivity index is 1.79. The smallest absolute Gasteiger partial charge is 0.417 e. The lowest BCUT2D eigenvalue weighted by Crippen LogP contribution is -2.36. The molecule has 1 unspecified atom stereocenters. The topological polar surface area (TPSA) is 77.2 Å². The number of aromatic nitrogens is 1. The molecule has 0 saturated carbocycles. The van der Waals surface area contributed by atoms with E-state index in [4.69, 9.17) is 22.1 Å². The van der Waals surface area contributed by atoms with Gasteiger partial charge >= 0.3 is 6.18 Å². The number of carbonyl (C=O) groups excluding carboxylic acids is 1. The van der Waals surface area contributed by atoms with E-state index in [1.807, 2.05) is 30.3 Å². The quantitative estimate of drug-likeness (QED) is 0.405. The minimum absolute atomic E-state index is 0.0884. The summed E-state index contributed by atoms with van der Waals surface area (Å²) in [5.74, 6) is -0.564. The van der Waals surface area contributed by atoms with Crippen molar-refractivity contribution < 1.29 is 22.7 Å². The molecule has 0 bridgehead atoms. The van der Waals surface area contributed by atoms with Gasteiger partial charge in [0.05, 0.1) is 5.56 Å². The highest BCUT2D eigenvalue weighted by Gasteiger charge is 2.31. The average Bonchev–Trinajstić information content (AvgIpc) is 2.78. The predicted molar refractivity (Wildman–Crippen MR) is 126 cm³/mol. The molecule has 0 saturated heterocycles. The molecule has 2 aromatic carbocycles. The van der Waals surface area contributed by atoms with E-state index in [0.29, 0.717) is 29.0 Å². The van der Waals surface area contributed by atoms with Crippen molar-refractivity contribution >= 4 is 28.8 Å². The number of nitrogens with two attached hydrogens (primary N) is 1. The number of carbonyl (C=O) groups is 1. The van der Waals surface area contributed by atoms with E-state index in [2.05, 4.69) is 10.3 Å². The van der Waals surface area contributed by atoms with Crippen molar-refractivity contribution in [1.82, 2.24) is 10.3 Å². The summed E-state index contributed by atoms with van der Waals surface area (Å²) in [4.78, 5) is 16.4. The summed E-state index contributed by atoms with van der Waals surface area (Å²) >= 11 is 5.99. The maximum Gasteiger partial charge on any atom is 0.417 e. The van der Waals surface area contributed by atoms with Crippen LogP contribution in [0.4, 0.5) is 18.9 Å². The predicted octanol–water partition coefficient (Wildman–Crippen LogP) is 5.89. The van der Waals surface area contributed by atoms with Gasteiger partial charge in [0.1, 0.15) is 0 Å². The molecule has 0 fully saturated rings. The van der Waals surface area contributed by atoms with Crippen molar-refractivity contribution in [1.29, 1.82) is 0 Å². The lowest BCUT2D eigenvalue weighted by Gasteiger charge is -2.18. The molecule has 0 aliphatic carbocycles. The van der Waals surface area contributed by atoms with Gasteiger partial charge in [0.15, 0.2) is 6.10 Å². The molecule has 3 rings (SSSR count). The zero-order chi connectivity index (χ0) is 24.9. The Morgan fingerprint density at radius 3 is 2.44 bits per heavy atom. The third-order valence-corrected chi connectivity index (χ3v) is 5.28. The van der Waals surface area contributed by atoms with Gasteiger partial charge in [0.25, 0.3) is 5.91 Å². The van der Waals surface area contributed by atoms with E-state index in [0.717, 1.165) is 28.8 Å². The van der Waals surface area contributed by atoms with Crippen molar-refractivity contribution in [2.75, 3.05) is 5.73 Å². The van der Waals surface area contributed by atoms with Crippen LogP contribution in [-0.2, 0) is 17.4 Å². The molecule has 1 amide bonds. The highest BCUT2D eigenvalue weighted by atomic mass is 35.5. The van der Waals surface area contributed by atoms with Gasteiger partial charge in [-0.2, -0.15) is 13.2 Å². The average molecular weight is 490 g/mol. The van der Waals surface area contributed by atoms with E-state index in [9.17, 15) is 18.0 Å². The molecule has 0 aliphatic rings. The van der Waals surface area contributed by atoms with Gasteiger partial charge in [-0.25, -0.2) is 4.98 Å². The summed E-state index contributed by atoms with van der Waals surface area (Å²) in [6.45, 7) is 3.25. The fourth-order valence-corrected chi connectivity index (χ4v) is 3.32. The Labute approximate surface area is 200 Å². The van der Waals surface area contributed by atoms with Crippen LogP contribution >= 0.6 is 11.6 Å². The second kappa shape index (κ2) is 10.6. The van der Waals surface area contributed by atoms with Crippen LogP contribution in [0.3, 0.4) is 0 Å². The van der Waals surface area contributed by atoms with Gasteiger partial charge in [-0.3, -0.25) is 4.79 Å². The number of ether oxygens (including phenoxy) is 1. The van der Waals surface area contributed by atoms with E-state index < -0.39 is 23.8 Å². The first kappa shape index (κ1) is 25.1. The van der Waals surface area contributed by atoms with Crippen LogP contribution < -0.4 is 15.8 Å². The third kappa shape index (κ3) is 6.74. The van der Waals surface area contributed by atoms with Crippen LogP contribution in [0.25, 0.3) is 5.57 Å². The number of amides is 1. The van der Waals surface area contributed by atoms with Gasteiger partial charge in [0.2, 0.25) is 5.88 Å². The van der Waals surface area contributed by atoms with Crippen LogP contribution in [0.15, 0.2) is 72.6 Å². The molecule has 5 nitrogen and oxygen atoms in total. The lowest BCUT2D eigenvalue weighted by atomic mass is 9.96. The summed E-state index contributed by atoms with van der Waals surface area (Å²) in [5.41, 5.74) is 8.88. The molecular weight excluding hydrogens is 467 g/mol. The van der Waals surface area contributed by atoms with Gasteiger partial charge in [-0.05, 0) is 67.3 Å². The number of nitrogens with one attached hydrogen (secondary N) is 1. The van der Waals surface area contributed by atoms with Crippen molar-refractivity contribution in [3.63, 3.8) is 0 Å². The first-order valence-electron chi connectivity index (χ1n) is 10.3. The number of hydrogen-bond donors (Lipinski definition) is 2. The first-order valence-corrected chi connectivity index (χ1v) is 10.7. The number of hydrogen-bond acceptors (Lipinski definition) is 4. The number of nitrogens with zero attached hydrogens (tertiary/aromatic N) is 1. The molecule has 1 atom stereocenters. The minimum atomic E-state index is -4.50. The summed E-state index contributed by atoms with van der Waals surface area (Å²) in [5, 5.41) is 3.44. The molecule has 1 aromatic heterocycles. The summed E-state index contributed by atoms with van der Waals surface area (Å²) in [6, 6.07) is 16.6. The zero-order valence-corrected chi connectivity index (χ0v) is 19.2. The van der Waals surface area contributed by atoms with Crippen LogP contribution in [0.5, 0.6) is 5.88 Å². The molecule has 178 valence electrons. The number of benzene rings is 2. The minimum Gasteiger partial charge on any atom is -0.465 e. The third-order valence-electron chi connectivity index (χ3n) is 5.02. The summed E-state index contributed by atoms with van der Waals surface area (Å²) in [7, 11) is 0. The maximum atomic E-state index is 12.8. The van der Waals surface area contributed by atoms with E-state index >= 15 is 0 Å². The molecule has 0 radical (unpaired) electrons. The van der Waals surface area contributed by atoms with E-state index in [1.54, 1.807) is 25.1 Å². The van der Waals surface area contributed by atoms with Crippen LogP contribution in [0.2, 0.25) is 5.02 Å². The number of alkyl halides is 3. The summed E-state index contributed by atoms with van der Waals surface area (Å²) < 4.78 is 43.6. The van der Waals surface area contributed by atoms with Crippen LogP contribution in [0.1, 0.15) is 30.5 Å². The fourth-order valence-electron chi connectivity index (χ4n) is 3.20. The number of anilines is 1. The lowest BCUT2D eigenvalue weighted by molar-refractivity contribution is -0.138. The normalized spacial score (nSPS) is 13.1. The molecule has 0 spiro atoms. The molecular formula is C25H23ClF3N3O2. The Hall–Kier alpha value is -3.52. The number of rotatable bonds is 7. The number of nitrogen functional groups attached to an aromatic ring is 1. The molecule has 34 heavy (non-hydrogen) atoms. The molecule has 3 aromatic rings. The van der Waals surface area contributed by atoms with E-state index in [1.165, 1.54) is 6.92 Å². The number of allylic oxidation sites excluding steroid dienone is 2. The van der Waals surface area contributed by atoms with Crippen molar-refractivity contribution in [3.8, 4) is 5.88 Å². The highest BCUT2D eigenvalue weighted by Crippen LogP contribution is 2.29. The second-order valence-electron chi connectivity index (χ2n) is 7.66. The second-order valence-corrected chi connectivity index (χ2v) is 8.10. The van der Waals surface area contributed by atoms with Crippen molar-refractivity contribution in [2.45, 2.75) is 32.5 Å². The number of pyridine rings is 1. The van der Waals surface area contributed by atoms with Crippen molar-refractivity contribution in [2.24, 2.45) is 0 Å². The SMILES string of the molecule is C/C(NC(=O)C(C)Oc1ccc(C(F)(F)F)cn1)=C(\Cc1ccc(Cl)cc1)c1cccc(N)c1. The Morgan fingerprint density at radius 2 is 1.85 bits per heavy atom.